The Morgan fingerprint density at radius 2 is 2.33 bits per heavy atom. The zero-order valence-electron chi connectivity index (χ0n) is 11.1. The van der Waals surface area contributed by atoms with E-state index in [1.165, 1.54) is 17.4 Å². The Hall–Kier alpha value is -2.22. The van der Waals surface area contributed by atoms with Crippen molar-refractivity contribution in [3.05, 3.63) is 35.7 Å². The first-order valence-electron chi connectivity index (χ1n) is 6.55. The number of thiazole rings is 1. The van der Waals surface area contributed by atoms with Crippen LogP contribution in [-0.4, -0.2) is 35.1 Å². The summed E-state index contributed by atoms with van der Waals surface area (Å²) in [6.07, 6.45) is 3.94. The second-order valence-corrected chi connectivity index (χ2v) is 5.57. The highest BCUT2D eigenvalue weighted by Gasteiger charge is 2.26. The lowest BCUT2D eigenvalue weighted by Crippen LogP contribution is -2.39. The van der Waals surface area contributed by atoms with E-state index in [4.69, 9.17) is 0 Å². The smallest absolute Gasteiger partial charge is 0.321 e. The van der Waals surface area contributed by atoms with Gasteiger partial charge in [-0.05, 0) is 18.6 Å². The highest BCUT2D eigenvalue weighted by Crippen LogP contribution is 2.20. The highest BCUT2D eigenvalue weighted by molar-refractivity contribution is 7.13. The lowest BCUT2D eigenvalue weighted by molar-refractivity contribution is 0.249. The summed E-state index contributed by atoms with van der Waals surface area (Å²) in [4.78, 5) is 21.7. The van der Waals surface area contributed by atoms with Crippen LogP contribution in [0.3, 0.4) is 0 Å². The molecule has 3 heterocycles. The van der Waals surface area contributed by atoms with Crippen molar-refractivity contribution in [1.82, 2.24) is 15.3 Å². The fraction of sp³-hybridized carbons (Fsp3) is 0.308. The number of hydrogen-bond donors (Lipinski definition) is 2. The molecular weight excluding hydrogens is 293 g/mol. The van der Waals surface area contributed by atoms with Crippen molar-refractivity contribution in [2.24, 2.45) is 0 Å². The molecule has 0 aliphatic carbocycles. The van der Waals surface area contributed by atoms with Gasteiger partial charge in [0.2, 0.25) is 0 Å². The zero-order valence-corrected chi connectivity index (χ0v) is 11.9. The van der Waals surface area contributed by atoms with Gasteiger partial charge < -0.3 is 10.2 Å². The van der Waals surface area contributed by atoms with Crippen molar-refractivity contribution in [3.8, 4) is 0 Å². The first-order valence-corrected chi connectivity index (χ1v) is 7.43. The van der Waals surface area contributed by atoms with Crippen LogP contribution in [0.4, 0.5) is 20.1 Å². The van der Waals surface area contributed by atoms with E-state index >= 15 is 0 Å². The maximum atomic E-state index is 13.7. The number of halogens is 1. The van der Waals surface area contributed by atoms with Crippen LogP contribution >= 0.6 is 11.3 Å². The highest BCUT2D eigenvalue weighted by atomic mass is 32.1. The zero-order chi connectivity index (χ0) is 14.7. The van der Waals surface area contributed by atoms with E-state index in [0.717, 1.165) is 6.42 Å². The molecule has 21 heavy (non-hydrogen) atoms. The lowest BCUT2D eigenvalue weighted by atomic mass is 10.3. The molecule has 2 amide bonds. The molecule has 1 saturated heterocycles. The Balaban J connectivity index is 1.55. The minimum Gasteiger partial charge on any atom is -0.352 e. The maximum absolute atomic E-state index is 13.7. The number of hydrogen-bond acceptors (Lipinski definition) is 5. The average molecular weight is 307 g/mol. The van der Waals surface area contributed by atoms with Crippen LogP contribution in [0.2, 0.25) is 0 Å². The van der Waals surface area contributed by atoms with Gasteiger partial charge in [0.1, 0.15) is 0 Å². The first kappa shape index (κ1) is 13.7. The van der Waals surface area contributed by atoms with Gasteiger partial charge in [0.15, 0.2) is 16.8 Å². The summed E-state index contributed by atoms with van der Waals surface area (Å²) in [7, 11) is 0. The van der Waals surface area contributed by atoms with E-state index in [1.54, 1.807) is 23.8 Å². The molecule has 2 N–H and O–H groups in total. The number of rotatable bonds is 3. The van der Waals surface area contributed by atoms with E-state index in [1.807, 2.05) is 4.90 Å². The summed E-state index contributed by atoms with van der Waals surface area (Å²) in [6.45, 7) is 1.20. The van der Waals surface area contributed by atoms with E-state index < -0.39 is 0 Å². The predicted molar refractivity (Wildman–Crippen MR) is 79.1 cm³/mol. The number of carbonyl (C=O) groups excluding carboxylic acids is 1. The van der Waals surface area contributed by atoms with Gasteiger partial charge in [-0.3, -0.25) is 5.32 Å². The van der Waals surface area contributed by atoms with E-state index in [2.05, 4.69) is 20.6 Å². The molecule has 3 rings (SSSR count). The number of nitrogens with zero attached hydrogens (tertiary/aromatic N) is 3. The van der Waals surface area contributed by atoms with Gasteiger partial charge in [0.05, 0.1) is 0 Å². The summed E-state index contributed by atoms with van der Waals surface area (Å²) < 4.78 is 13.7. The molecule has 2 aromatic heterocycles. The molecule has 8 heteroatoms. The molecule has 6 nitrogen and oxygen atoms in total. The van der Waals surface area contributed by atoms with Gasteiger partial charge in [-0.25, -0.2) is 19.2 Å². The van der Waals surface area contributed by atoms with Gasteiger partial charge in [-0.1, -0.05) is 0 Å². The Kier molecular flexibility index (Phi) is 3.96. The van der Waals surface area contributed by atoms with Crippen molar-refractivity contribution >= 4 is 28.3 Å². The summed E-state index contributed by atoms with van der Waals surface area (Å²) >= 11 is 1.36. The molecule has 2 aromatic rings. The molecule has 0 bridgehead atoms. The number of carbonyl (C=O) groups is 1. The SMILES string of the molecule is O=C(Nc1nccs1)NC1CCN(c2ncccc2F)C1. The number of nitrogens with one attached hydrogen (secondary N) is 2. The first-order chi connectivity index (χ1) is 10.2. The van der Waals surface area contributed by atoms with Crippen LogP contribution in [0.5, 0.6) is 0 Å². The third-order valence-electron chi connectivity index (χ3n) is 3.21. The largest absolute Gasteiger partial charge is 0.352 e. The van der Waals surface area contributed by atoms with Crippen molar-refractivity contribution in [1.29, 1.82) is 0 Å². The molecule has 0 spiro atoms. The molecular formula is C13H14FN5OS. The molecule has 0 aromatic carbocycles. The lowest BCUT2D eigenvalue weighted by Gasteiger charge is -2.18. The minimum absolute atomic E-state index is 0.0358. The number of amides is 2. The molecule has 110 valence electrons. The molecule has 1 fully saturated rings. The third kappa shape index (κ3) is 3.27. The quantitative estimate of drug-likeness (QED) is 0.911. The summed E-state index contributed by atoms with van der Waals surface area (Å²) in [5, 5.41) is 7.87. The van der Waals surface area contributed by atoms with Crippen LogP contribution in [-0.2, 0) is 0 Å². The fourth-order valence-corrected chi connectivity index (χ4v) is 2.81. The molecule has 1 aliphatic rings. The van der Waals surface area contributed by atoms with Crippen LogP contribution < -0.4 is 15.5 Å². The van der Waals surface area contributed by atoms with Gasteiger partial charge in [-0.2, -0.15) is 0 Å². The monoisotopic (exact) mass is 307 g/mol. The second-order valence-electron chi connectivity index (χ2n) is 4.68. The Morgan fingerprint density at radius 3 is 3.10 bits per heavy atom. The number of pyridine rings is 1. The predicted octanol–water partition coefficient (Wildman–Crippen LogP) is 2.08. The molecule has 1 aliphatic heterocycles. The summed E-state index contributed by atoms with van der Waals surface area (Å²) in [5.41, 5.74) is 0. The average Bonchev–Trinajstić information content (AvgIpc) is 3.11. The normalized spacial score (nSPS) is 17.8. The van der Waals surface area contributed by atoms with Gasteiger partial charge in [-0.15, -0.1) is 11.3 Å². The van der Waals surface area contributed by atoms with Crippen molar-refractivity contribution in [3.63, 3.8) is 0 Å². The third-order valence-corrected chi connectivity index (χ3v) is 3.90. The van der Waals surface area contributed by atoms with Gasteiger partial charge in [0, 0.05) is 36.9 Å². The second kappa shape index (κ2) is 6.04. The maximum Gasteiger partial charge on any atom is 0.321 e. The summed E-state index contributed by atoms with van der Waals surface area (Å²) in [5.74, 6) is -0.00693. The van der Waals surface area contributed by atoms with Crippen molar-refractivity contribution < 1.29 is 9.18 Å². The van der Waals surface area contributed by atoms with Gasteiger partial charge in [0.25, 0.3) is 0 Å². The Morgan fingerprint density at radius 1 is 1.43 bits per heavy atom. The topological polar surface area (TPSA) is 70.2 Å². The van der Waals surface area contributed by atoms with Crippen LogP contribution in [0.25, 0.3) is 0 Å². The van der Waals surface area contributed by atoms with E-state index in [9.17, 15) is 9.18 Å². The van der Waals surface area contributed by atoms with E-state index in [0.29, 0.717) is 24.0 Å². The van der Waals surface area contributed by atoms with Crippen LogP contribution in [0, 0.1) is 5.82 Å². The van der Waals surface area contributed by atoms with Crippen LogP contribution in [0.1, 0.15) is 6.42 Å². The van der Waals surface area contributed by atoms with Gasteiger partial charge >= 0.3 is 6.03 Å². The van der Waals surface area contributed by atoms with Crippen LogP contribution in [0.15, 0.2) is 29.9 Å². The molecule has 1 atom stereocenters. The Labute approximate surface area is 125 Å². The van der Waals surface area contributed by atoms with Crippen molar-refractivity contribution in [2.45, 2.75) is 12.5 Å². The Bertz CT molecular complexity index is 621. The van der Waals surface area contributed by atoms with Crippen molar-refractivity contribution in [2.75, 3.05) is 23.3 Å². The number of urea groups is 1. The fourth-order valence-electron chi connectivity index (χ4n) is 2.28. The summed E-state index contributed by atoms with van der Waals surface area (Å²) in [6, 6.07) is 2.62. The number of anilines is 2. The molecule has 0 radical (unpaired) electrons. The van der Waals surface area contributed by atoms with E-state index in [-0.39, 0.29) is 17.9 Å². The molecule has 1 unspecified atom stereocenters. The number of aromatic nitrogens is 2. The standard InChI is InChI=1S/C13H14FN5OS/c14-10-2-1-4-15-11(10)19-6-3-9(8-19)17-12(20)18-13-16-5-7-21-13/h1-2,4-5,7,9H,3,6,8H2,(H2,16,17,18,20). The molecule has 0 saturated carbocycles. The minimum atomic E-state index is -0.342.